The number of ether oxygens (including phenoxy) is 1. The predicted octanol–water partition coefficient (Wildman–Crippen LogP) is 6.73. The highest BCUT2D eigenvalue weighted by Gasteiger charge is 2.28. The second kappa shape index (κ2) is 9.08. The number of aliphatic carboxylic acids is 1. The maximum atomic E-state index is 12.2. The molecule has 6 heteroatoms. The second-order valence-corrected chi connectivity index (χ2v) is 8.34. The fourth-order valence-electron chi connectivity index (χ4n) is 3.21. The van der Waals surface area contributed by atoms with Crippen molar-refractivity contribution in [3.63, 3.8) is 0 Å². The molecule has 29 heavy (non-hydrogen) atoms. The fourth-order valence-corrected chi connectivity index (χ4v) is 3.70. The molecule has 0 aliphatic rings. The lowest BCUT2D eigenvalue weighted by Crippen LogP contribution is -2.18. The molecule has 0 aliphatic carbocycles. The quantitative estimate of drug-likeness (QED) is 0.402. The highest BCUT2D eigenvalue weighted by molar-refractivity contribution is 9.10. The molecule has 0 fully saturated rings. The molecule has 1 atom stereocenters. The van der Waals surface area contributed by atoms with Gasteiger partial charge < -0.3 is 9.84 Å². The molecule has 4 nitrogen and oxygen atoms in total. The third kappa shape index (κ3) is 4.86. The summed E-state index contributed by atoms with van der Waals surface area (Å²) in [5.41, 5.74) is 4.66. The zero-order valence-corrected chi connectivity index (χ0v) is 18.7. The number of aromatic nitrogens is 1. The number of carbonyl (C=O) groups is 1. The summed E-state index contributed by atoms with van der Waals surface area (Å²) < 4.78 is 6.68. The minimum absolute atomic E-state index is 0.204. The molecule has 3 aromatic rings. The first-order chi connectivity index (χ1) is 13.8. The van der Waals surface area contributed by atoms with Gasteiger partial charge in [0.1, 0.15) is 0 Å². The van der Waals surface area contributed by atoms with Gasteiger partial charge in [0, 0.05) is 26.1 Å². The molecule has 0 radical (unpaired) electrons. The number of carboxylic acid groups (broad SMARTS) is 1. The van der Waals surface area contributed by atoms with E-state index in [1.807, 2.05) is 57.2 Å². The first-order valence-electron chi connectivity index (χ1n) is 9.11. The average Bonchev–Trinajstić information content (AvgIpc) is 2.65. The summed E-state index contributed by atoms with van der Waals surface area (Å²) in [6, 6.07) is 13.1. The van der Waals surface area contributed by atoms with Crippen LogP contribution in [0.3, 0.4) is 0 Å². The molecule has 1 unspecified atom stereocenters. The number of allylic oxidation sites excluding steroid dienone is 1. The van der Waals surface area contributed by atoms with E-state index in [1.54, 1.807) is 12.1 Å². The van der Waals surface area contributed by atoms with Crippen molar-refractivity contribution < 1.29 is 14.6 Å². The molecule has 0 aliphatic heterocycles. The summed E-state index contributed by atoms with van der Waals surface area (Å²) >= 11 is 9.59. The average molecular weight is 475 g/mol. The summed E-state index contributed by atoms with van der Waals surface area (Å²) in [6.07, 6.45) is 0.713. The Morgan fingerprint density at radius 1 is 1.24 bits per heavy atom. The van der Waals surface area contributed by atoms with E-state index in [-0.39, 0.29) is 6.61 Å². The molecule has 0 spiro atoms. The van der Waals surface area contributed by atoms with Gasteiger partial charge in [-0.05, 0) is 62.2 Å². The number of halogens is 2. The number of hydrogen-bond acceptors (Lipinski definition) is 3. The van der Waals surface area contributed by atoms with Gasteiger partial charge in [0.05, 0.1) is 12.1 Å². The van der Waals surface area contributed by atoms with Crippen LogP contribution in [0.2, 0.25) is 5.02 Å². The lowest BCUT2D eigenvalue weighted by atomic mass is 9.91. The van der Waals surface area contributed by atoms with Gasteiger partial charge in [0.25, 0.3) is 0 Å². The Kier molecular flexibility index (Phi) is 6.73. The highest BCUT2D eigenvalue weighted by atomic mass is 79.9. The molecule has 150 valence electrons. The summed E-state index contributed by atoms with van der Waals surface area (Å²) in [5.74, 6) is -1.05. The zero-order valence-electron chi connectivity index (χ0n) is 16.4. The van der Waals surface area contributed by atoms with E-state index in [0.29, 0.717) is 16.3 Å². The Morgan fingerprint density at radius 3 is 2.55 bits per heavy atom. The molecule has 1 N–H and O–H groups in total. The van der Waals surface area contributed by atoms with Crippen LogP contribution in [0.25, 0.3) is 22.0 Å². The normalized spacial score (nSPS) is 12.0. The number of rotatable bonds is 6. The molecule has 0 saturated carbocycles. The van der Waals surface area contributed by atoms with Crippen LogP contribution in [0.5, 0.6) is 0 Å². The molecule has 1 aromatic heterocycles. The van der Waals surface area contributed by atoms with E-state index in [1.165, 1.54) is 0 Å². The van der Waals surface area contributed by atoms with E-state index in [0.717, 1.165) is 32.1 Å². The van der Waals surface area contributed by atoms with Gasteiger partial charge in [-0.3, -0.25) is 4.98 Å². The van der Waals surface area contributed by atoms with E-state index in [9.17, 15) is 9.90 Å². The van der Waals surface area contributed by atoms with E-state index in [2.05, 4.69) is 20.9 Å². The van der Waals surface area contributed by atoms with Crippen LogP contribution in [0, 0.1) is 6.92 Å². The molecule has 3 rings (SSSR count). The Hall–Kier alpha value is -2.21. The summed E-state index contributed by atoms with van der Waals surface area (Å²) in [7, 11) is 0. The largest absolute Gasteiger partial charge is 0.479 e. The van der Waals surface area contributed by atoms with Crippen LogP contribution < -0.4 is 0 Å². The first-order valence-corrected chi connectivity index (χ1v) is 10.3. The number of aryl methyl sites for hydroxylation is 1. The first kappa shape index (κ1) is 21.5. The Balaban J connectivity index is 2.30. The summed E-state index contributed by atoms with van der Waals surface area (Å²) in [4.78, 5) is 16.8. The molecule has 1 heterocycles. The van der Waals surface area contributed by atoms with Gasteiger partial charge in [-0.25, -0.2) is 4.79 Å². The van der Waals surface area contributed by atoms with Crippen molar-refractivity contribution in [1.82, 2.24) is 4.98 Å². The molecular weight excluding hydrogens is 454 g/mol. The van der Waals surface area contributed by atoms with E-state index in [4.69, 9.17) is 16.3 Å². The van der Waals surface area contributed by atoms with Gasteiger partial charge in [-0.1, -0.05) is 51.3 Å². The highest BCUT2D eigenvalue weighted by Crippen LogP contribution is 2.39. The fraction of sp³-hybridized carbons (Fsp3) is 0.217. The maximum Gasteiger partial charge on any atom is 0.337 e. The van der Waals surface area contributed by atoms with Crippen molar-refractivity contribution in [3.8, 4) is 11.1 Å². The van der Waals surface area contributed by atoms with Gasteiger partial charge in [-0.2, -0.15) is 0 Å². The second-order valence-electron chi connectivity index (χ2n) is 6.99. The summed E-state index contributed by atoms with van der Waals surface area (Å²) in [6.45, 7) is 5.91. The Labute approximate surface area is 183 Å². The van der Waals surface area contributed by atoms with Crippen LogP contribution in [0.4, 0.5) is 0 Å². The molecular formula is C23H21BrClNO3. The van der Waals surface area contributed by atoms with E-state index < -0.39 is 12.1 Å². The number of carboxylic acids is 1. The van der Waals surface area contributed by atoms with Crippen molar-refractivity contribution in [1.29, 1.82) is 0 Å². The predicted molar refractivity (Wildman–Crippen MR) is 120 cm³/mol. The van der Waals surface area contributed by atoms with Gasteiger partial charge in [0.2, 0.25) is 0 Å². The number of fused-ring (bicyclic) bond motifs is 1. The van der Waals surface area contributed by atoms with Crippen LogP contribution in [0.15, 0.2) is 58.6 Å². The third-order valence-corrected chi connectivity index (χ3v) is 5.29. The SMILES string of the molecule is CC(C)=CCOC(C(=O)O)c1c(C)nc2ccc(Br)cc2c1-c1ccc(Cl)cc1. The van der Waals surface area contributed by atoms with Crippen molar-refractivity contribution in [3.05, 3.63) is 74.9 Å². The molecule has 0 bridgehead atoms. The Morgan fingerprint density at radius 2 is 1.93 bits per heavy atom. The van der Waals surface area contributed by atoms with Crippen LogP contribution in [0.1, 0.15) is 31.2 Å². The number of pyridine rings is 1. The van der Waals surface area contributed by atoms with Gasteiger partial charge in [-0.15, -0.1) is 0 Å². The number of hydrogen-bond donors (Lipinski definition) is 1. The monoisotopic (exact) mass is 473 g/mol. The smallest absolute Gasteiger partial charge is 0.337 e. The third-order valence-electron chi connectivity index (χ3n) is 4.55. The minimum atomic E-state index is -1.15. The molecule has 0 amide bonds. The van der Waals surface area contributed by atoms with Crippen LogP contribution in [-0.2, 0) is 9.53 Å². The minimum Gasteiger partial charge on any atom is -0.479 e. The van der Waals surface area contributed by atoms with Gasteiger partial charge in [0.15, 0.2) is 6.10 Å². The van der Waals surface area contributed by atoms with Crippen LogP contribution in [-0.4, -0.2) is 22.7 Å². The van der Waals surface area contributed by atoms with Crippen molar-refractivity contribution >= 4 is 44.4 Å². The number of nitrogens with zero attached hydrogens (tertiary/aromatic N) is 1. The van der Waals surface area contributed by atoms with Crippen molar-refractivity contribution in [2.45, 2.75) is 26.9 Å². The topological polar surface area (TPSA) is 59.4 Å². The standard InChI is InChI=1S/C23H21BrClNO3/c1-13(2)10-11-29-22(23(27)28)20-14(3)26-19-9-6-16(24)12-18(19)21(20)15-4-7-17(25)8-5-15/h4-10,12,22H,11H2,1-3H3,(H,27,28). The van der Waals surface area contributed by atoms with Crippen LogP contribution >= 0.6 is 27.5 Å². The van der Waals surface area contributed by atoms with Crippen molar-refractivity contribution in [2.75, 3.05) is 6.61 Å². The lowest BCUT2D eigenvalue weighted by molar-refractivity contribution is -0.150. The van der Waals surface area contributed by atoms with Gasteiger partial charge >= 0.3 is 5.97 Å². The van der Waals surface area contributed by atoms with Crippen molar-refractivity contribution in [2.24, 2.45) is 0 Å². The molecule has 2 aromatic carbocycles. The maximum absolute atomic E-state index is 12.2. The Bertz CT molecular complexity index is 1090. The lowest BCUT2D eigenvalue weighted by Gasteiger charge is -2.21. The van der Waals surface area contributed by atoms with E-state index >= 15 is 0 Å². The zero-order chi connectivity index (χ0) is 21.1. The molecule has 0 saturated heterocycles. The summed E-state index contributed by atoms with van der Waals surface area (Å²) in [5, 5.41) is 11.4. The number of benzene rings is 2.